The third-order valence-corrected chi connectivity index (χ3v) is 5.43. The van der Waals surface area contributed by atoms with Crippen LogP contribution in [0.5, 0.6) is 0 Å². The van der Waals surface area contributed by atoms with Gasteiger partial charge in [-0.05, 0) is 44.2 Å². The lowest BCUT2D eigenvalue weighted by molar-refractivity contribution is -0.137. The molecule has 1 heterocycles. The van der Waals surface area contributed by atoms with Crippen LogP contribution >= 0.6 is 0 Å². The van der Waals surface area contributed by atoms with Gasteiger partial charge < -0.3 is 15.5 Å². The van der Waals surface area contributed by atoms with Gasteiger partial charge in [-0.25, -0.2) is 4.99 Å². The van der Waals surface area contributed by atoms with E-state index in [0.29, 0.717) is 24.6 Å². The van der Waals surface area contributed by atoms with Gasteiger partial charge in [-0.3, -0.25) is 4.79 Å². The molecular weight excluding hydrogens is 369 g/mol. The van der Waals surface area contributed by atoms with Gasteiger partial charge in [0.05, 0.1) is 5.56 Å². The van der Waals surface area contributed by atoms with Crippen LogP contribution in [0.15, 0.2) is 29.3 Å². The summed E-state index contributed by atoms with van der Waals surface area (Å²) in [5, 5.41) is 6.32. The number of guanidine groups is 1. The Bertz CT molecular complexity index is 722. The molecule has 28 heavy (non-hydrogen) atoms. The Hall–Kier alpha value is -2.25. The molecule has 0 radical (unpaired) electrons. The first-order chi connectivity index (χ1) is 13.3. The highest BCUT2D eigenvalue weighted by molar-refractivity contribution is 5.85. The smallest absolute Gasteiger partial charge is 0.357 e. The monoisotopic (exact) mass is 396 g/mol. The summed E-state index contributed by atoms with van der Waals surface area (Å²) in [6.45, 7) is 4.71. The second-order valence-corrected chi connectivity index (χ2v) is 7.50. The highest BCUT2D eigenvalue weighted by Crippen LogP contribution is 2.48. The van der Waals surface area contributed by atoms with Crippen LogP contribution in [-0.2, 0) is 16.4 Å². The van der Waals surface area contributed by atoms with Crippen molar-refractivity contribution in [3.05, 3.63) is 35.4 Å². The molecule has 1 saturated heterocycles. The maximum atomic E-state index is 13.0. The van der Waals surface area contributed by atoms with E-state index in [2.05, 4.69) is 15.6 Å². The van der Waals surface area contributed by atoms with Crippen LogP contribution in [-0.4, -0.2) is 49.5 Å². The van der Waals surface area contributed by atoms with Crippen LogP contribution in [0.1, 0.15) is 43.7 Å². The first kappa shape index (κ1) is 20.5. The number of benzene rings is 1. The standard InChI is InChI=1S/C20H27F3N4O/c1-2-24-18(25-13-17(28)27-10-3-4-11-27)26-14-19(8-9-19)15-6-5-7-16(12-15)20(21,22)23/h5-7,12H,2-4,8-11,13-14H2,1H3,(H2,24,25,26). The number of likely N-dealkylation sites (tertiary alicyclic amines) is 1. The summed E-state index contributed by atoms with van der Waals surface area (Å²) < 4.78 is 39.0. The van der Waals surface area contributed by atoms with Gasteiger partial charge in [0.1, 0.15) is 6.54 Å². The lowest BCUT2D eigenvalue weighted by atomic mass is 9.94. The van der Waals surface area contributed by atoms with E-state index in [4.69, 9.17) is 0 Å². The molecule has 1 amide bonds. The molecule has 154 valence electrons. The minimum atomic E-state index is -4.34. The lowest BCUT2D eigenvalue weighted by Gasteiger charge is -2.20. The van der Waals surface area contributed by atoms with Crippen molar-refractivity contribution in [3.8, 4) is 0 Å². The maximum absolute atomic E-state index is 13.0. The van der Waals surface area contributed by atoms with Crippen LogP contribution in [0.3, 0.4) is 0 Å². The second-order valence-electron chi connectivity index (χ2n) is 7.50. The number of hydrogen-bond donors (Lipinski definition) is 2. The number of amides is 1. The molecule has 0 spiro atoms. The Balaban J connectivity index is 1.63. The van der Waals surface area contributed by atoms with Crippen LogP contribution in [0.2, 0.25) is 0 Å². The summed E-state index contributed by atoms with van der Waals surface area (Å²) in [5.41, 5.74) is -0.233. The average molecular weight is 396 g/mol. The highest BCUT2D eigenvalue weighted by Gasteiger charge is 2.45. The summed E-state index contributed by atoms with van der Waals surface area (Å²) in [7, 11) is 0. The zero-order valence-corrected chi connectivity index (χ0v) is 16.1. The molecule has 5 nitrogen and oxygen atoms in total. The Kier molecular flexibility index (Phi) is 6.15. The number of aliphatic imine (C=N–C) groups is 1. The van der Waals surface area contributed by atoms with E-state index in [9.17, 15) is 18.0 Å². The second kappa shape index (κ2) is 8.41. The number of nitrogens with zero attached hydrogens (tertiary/aromatic N) is 2. The van der Waals surface area contributed by atoms with Crippen molar-refractivity contribution in [3.63, 3.8) is 0 Å². The molecule has 2 aliphatic rings. The minimum Gasteiger partial charge on any atom is -0.357 e. The van der Waals surface area contributed by atoms with E-state index in [1.54, 1.807) is 6.07 Å². The third-order valence-electron chi connectivity index (χ3n) is 5.43. The Labute approximate surface area is 163 Å². The Morgan fingerprint density at radius 2 is 1.93 bits per heavy atom. The predicted octanol–water partition coefficient (Wildman–Crippen LogP) is 2.91. The van der Waals surface area contributed by atoms with Crippen molar-refractivity contribution >= 4 is 11.9 Å². The first-order valence-corrected chi connectivity index (χ1v) is 9.82. The Morgan fingerprint density at radius 3 is 2.54 bits per heavy atom. The van der Waals surface area contributed by atoms with E-state index in [1.807, 2.05) is 11.8 Å². The van der Waals surface area contributed by atoms with E-state index in [0.717, 1.165) is 44.8 Å². The first-order valence-electron chi connectivity index (χ1n) is 9.82. The van der Waals surface area contributed by atoms with Crippen LogP contribution < -0.4 is 10.6 Å². The third kappa shape index (κ3) is 4.97. The van der Waals surface area contributed by atoms with E-state index < -0.39 is 11.7 Å². The fraction of sp³-hybridized carbons (Fsp3) is 0.600. The fourth-order valence-corrected chi connectivity index (χ4v) is 3.55. The molecule has 0 atom stereocenters. The van der Waals surface area contributed by atoms with E-state index in [1.165, 1.54) is 12.1 Å². The van der Waals surface area contributed by atoms with Crippen molar-refractivity contribution in [1.82, 2.24) is 15.5 Å². The predicted molar refractivity (Wildman–Crippen MR) is 102 cm³/mol. The van der Waals surface area contributed by atoms with Crippen molar-refractivity contribution < 1.29 is 18.0 Å². The molecule has 0 unspecified atom stereocenters. The molecule has 8 heteroatoms. The van der Waals surface area contributed by atoms with Crippen molar-refractivity contribution in [1.29, 1.82) is 0 Å². The Morgan fingerprint density at radius 1 is 1.21 bits per heavy atom. The van der Waals surface area contributed by atoms with Gasteiger partial charge >= 0.3 is 6.18 Å². The normalized spacial score (nSPS) is 18.9. The molecule has 1 aromatic rings. The lowest BCUT2D eigenvalue weighted by Crippen LogP contribution is -2.42. The molecule has 1 saturated carbocycles. The van der Waals surface area contributed by atoms with Gasteiger partial charge in [0, 0.05) is 31.6 Å². The van der Waals surface area contributed by atoms with Crippen molar-refractivity contribution in [2.75, 3.05) is 32.7 Å². The van der Waals surface area contributed by atoms with Crippen molar-refractivity contribution in [2.45, 2.75) is 44.2 Å². The van der Waals surface area contributed by atoms with Crippen LogP contribution in [0.4, 0.5) is 13.2 Å². The summed E-state index contributed by atoms with van der Waals surface area (Å²) >= 11 is 0. The highest BCUT2D eigenvalue weighted by atomic mass is 19.4. The summed E-state index contributed by atoms with van der Waals surface area (Å²) in [4.78, 5) is 18.4. The summed E-state index contributed by atoms with van der Waals surface area (Å²) in [6, 6.07) is 5.56. The molecule has 2 fully saturated rings. The quantitative estimate of drug-likeness (QED) is 0.574. The molecule has 2 N–H and O–H groups in total. The number of alkyl halides is 3. The van der Waals surface area contributed by atoms with Crippen LogP contribution in [0.25, 0.3) is 0 Å². The zero-order valence-electron chi connectivity index (χ0n) is 16.1. The fourth-order valence-electron chi connectivity index (χ4n) is 3.55. The number of rotatable bonds is 6. The van der Waals surface area contributed by atoms with Gasteiger partial charge in [-0.1, -0.05) is 18.2 Å². The van der Waals surface area contributed by atoms with E-state index in [-0.39, 0.29) is 17.9 Å². The van der Waals surface area contributed by atoms with E-state index >= 15 is 0 Å². The number of carbonyl (C=O) groups excluding carboxylic acids is 1. The van der Waals surface area contributed by atoms with Gasteiger partial charge in [0.2, 0.25) is 5.91 Å². The minimum absolute atomic E-state index is 0.00807. The van der Waals surface area contributed by atoms with Gasteiger partial charge in [-0.2, -0.15) is 13.2 Å². The van der Waals surface area contributed by atoms with Gasteiger partial charge in [-0.15, -0.1) is 0 Å². The molecule has 1 aliphatic heterocycles. The number of hydrogen-bond acceptors (Lipinski definition) is 2. The van der Waals surface area contributed by atoms with Crippen LogP contribution in [0, 0.1) is 0 Å². The largest absolute Gasteiger partial charge is 0.416 e. The van der Waals surface area contributed by atoms with Gasteiger partial charge in [0.25, 0.3) is 0 Å². The molecule has 1 aromatic carbocycles. The molecule has 1 aliphatic carbocycles. The zero-order chi connectivity index (χ0) is 20.2. The SMILES string of the molecule is CCNC(=NCC(=O)N1CCCC1)NCC1(c2cccc(C(F)(F)F)c2)CC1. The maximum Gasteiger partial charge on any atom is 0.416 e. The van der Waals surface area contributed by atoms with Gasteiger partial charge in [0.15, 0.2) is 5.96 Å². The molecule has 3 rings (SSSR count). The van der Waals surface area contributed by atoms with Crippen molar-refractivity contribution in [2.24, 2.45) is 4.99 Å². The average Bonchev–Trinajstić information content (AvgIpc) is 3.26. The molecular formula is C20H27F3N4O. The topological polar surface area (TPSA) is 56.7 Å². The number of nitrogens with one attached hydrogen (secondary N) is 2. The summed E-state index contributed by atoms with van der Waals surface area (Å²) in [5.74, 6) is 0.530. The molecule has 0 aromatic heterocycles. The number of halogens is 3. The summed E-state index contributed by atoms with van der Waals surface area (Å²) in [6.07, 6.45) is -0.618. The molecule has 0 bridgehead atoms. The number of carbonyl (C=O) groups is 1.